The van der Waals surface area contributed by atoms with Crippen LogP contribution in [-0.2, 0) is 0 Å². The first-order chi connectivity index (χ1) is 16.3. The highest BCUT2D eigenvalue weighted by Gasteiger charge is 2.56. The lowest BCUT2D eigenvalue weighted by atomic mass is 8.29. The minimum absolute atomic E-state index is 0.708. The molecule has 0 fully saturated rings. The number of rotatable bonds is 16. The maximum Gasteiger partial charge on any atom is 0.0552 e. The van der Waals surface area contributed by atoms with Crippen molar-refractivity contribution in [3.8, 4) is 0 Å². The fourth-order valence-corrected chi connectivity index (χ4v) is 9.58. The molecule has 0 atom stereocenters. The fraction of sp³-hybridized carbons (Fsp3) is 0. The Morgan fingerprint density at radius 1 is 0.167 bits per heavy atom. The van der Waals surface area contributed by atoms with Crippen LogP contribution in [0.3, 0.4) is 0 Å². The van der Waals surface area contributed by atoms with Gasteiger partial charge >= 0.3 is 0 Å². The number of hydrogen-bond acceptors (Lipinski definition) is 0. The summed E-state index contributed by atoms with van der Waals surface area (Å²) in [5.74, 6) is 0. The van der Waals surface area contributed by atoms with E-state index >= 15 is 0 Å². The Bertz CT molecular complexity index is 509. The summed E-state index contributed by atoms with van der Waals surface area (Å²) in [5.41, 5.74) is 0. The van der Waals surface area contributed by atoms with Gasteiger partial charge in [0.2, 0.25) is 0 Å². The van der Waals surface area contributed by atoms with Crippen molar-refractivity contribution >= 4 is 256 Å². The molecule has 0 rings (SSSR count). The molecule has 0 unspecified atom stereocenters. The highest BCUT2D eigenvalue weighted by Crippen LogP contribution is 2.17. The second-order valence-corrected chi connectivity index (χ2v) is 16.1. The second-order valence-electron chi connectivity index (χ2n) is 16.1. The van der Waals surface area contributed by atoms with Gasteiger partial charge in [0.25, 0.3) is 0 Å². The van der Waals surface area contributed by atoms with Crippen molar-refractivity contribution in [2.75, 3.05) is 0 Å². The number of hydrogen-bond donors (Lipinski definition) is 0. The van der Waals surface area contributed by atoms with Gasteiger partial charge in [-0.3, -0.25) is 0 Å². The fourth-order valence-electron chi connectivity index (χ4n) is 9.58. The normalized spacial score (nSPS) is 9.56. The monoisotopic (exact) mass is 435 g/mol. The molecule has 36 heteroatoms. The van der Waals surface area contributed by atoms with Gasteiger partial charge in [-0.15, -0.1) is 0 Å². The maximum atomic E-state index is 2.63. The Morgan fingerprint density at radius 3 is 0.500 bits per heavy atom. The first-order valence-corrected chi connectivity index (χ1v) is 16.3. The predicted molar refractivity (Wildman–Crippen MR) is 260 cm³/mol. The van der Waals surface area contributed by atoms with Crippen LogP contribution in [0, 0.1) is 0 Å². The van der Waals surface area contributed by atoms with Gasteiger partial charge in [-0.1, -0.05) is 0 Å². The molecule has 146 valence electrons. The molecule has 0 aromatic heterocycles. The van der Waals surface area contributed by atoms with Crippen LogP contribution in [0.25, 0.3) is 0 Å². The van der Waals surface area contributed by atoms with Crippen LogP contribution in [0.4, 0.5) is 0 Å². The Kier molecular flexibility index (Phi) is 18.5. The summed E-state index contributed by atoms with van der Waals surface area (Å²) in [6, 6.07) is 0. The van der Waals surface area contributed by atoms with Crippen molar-refractivity contribution in [2.45, 2.75) is 0 Å². The van der Waals surface area contributed by atoms with Crippen LogP contribution in [-0.4, -0.2) is 256 Å². The van der Waals surface area contributed by atoms with E-state index in [0.29, 0.717) is 57.5 Å². The molecule has 0 bridgehead atoms. The average Bonchev–Trinajstić information content (AvgIpc) is 2.66. The van der Waals surface area contributed by atoms with Crippen LogP contribution < -0.4 is 0 Å². The van der Waals surface area contributed by atoms with Crippen molar-refractivity contribution in [2.24, 2.45) is 0 Å². The molecule has 0 aromatic rings. The summed E-state index contributed by atoms with van der Waals surface area (Å²) in [5, 5.41) is 0. The average molecular weight is 428 g/mol. The van der Waals surface area contributed by atoms with Crippen molar-refractivity contribution in [3.05, 3.63) is 0 Å². The quantitative estimate of drug-likeness (QED) is 0.215. The van der Waals surface area contributed by atoms with Crippen molar-refractivity contribution in [3.63, 3.8) is 0 Å². The molecule has 0 aliphatic heterocycles. The third-order valence-electron chi connectivity index (χ3n) is 10.5. The standard InChI is InChI=1S/B36H38/c1-20(2)29(19)34(30(21(3)4)22(5)6)36(33(27(15)16)28(17)18)35(31(23(7)8)24(9)10)32(25(11)12)26(13)14/h1-19H2. The molecular weight excluding hydrogens is 389 g/mol. The van der Waals surface area contributed by atoms with E-state index in [9.17, 15) is 0 Å². The largest absolute Gasteiger partial charge is 0.0552 e. The van der Waals surface area contributed by atoms with Crippen LogP contribution in [0.5, 0.6) is 0 Å². The van der Waals surface area contributed by atoms with E-state index in [1.807, 2.05) is 0 Å². The molecule has 0 heterocycles. The van der Waals surface area contributed by atoms with Crippen molar-refractivity contribution in [1.82, 2.24) is 0 Å². The smallest absolute Gasteiger partial charge is 0.000145 e. The van der Waals surface area contributed by atoms with Crippen LogP contribution in [0.1, 0.15) is 0 Å². The van der Waals surface area contributed by atoms with Gasteiger partial charge in [0.05, 0.1) is 147 Å². The van der Waals surface area contributed by atoms with Gasteiger partial charge in [0, 0.05) is 109 Å². The second kappa shape index (κ2) is 17.3. The van der Waals surface area contributed by atoms with E-state index in [1.54, 1.807) is 0 Å². The molecule has 0 spiro atoms. The lowest BCUT2D eigenvalue weighted by molar-refractivity contribution is 3.23. The van der Waals surface area contributed by atoms with E-state index in [4.69, 9.17) is 0 Å². The molecule has 0 amide bonds. The van der Waals surface area contributed by atoms with E-state index < -0.39 is 0 Å². The lowest BCUT2D eigenvalue weighted by Crippen LogP contribution is -2.91. The Balaban J connectivity index is 7.84. The van der Waals surface area contributed by atoms with E-state index in [-0.39, 0.29) is 0 Å². The molecule has 0 nitrogen and oxygen atoms in total. The van der Waals surface area contributed by atoms with Gasteiger partial charge in [-0.05, 0) is 0 Å². The van der Waals surface area contributed by atoms with E-state index in [2.05, 4.69) is 147 Å². The highest BCUT2D eigenvalue weighted by atomic mass is 13.4. The SMILES string of the molecule is BB(B)B(B)B(B(B(B)B)B(B)B)B(B(B(B)B)B(B)B)B(B(B(B)B)B(B)B)B(B(B)B)B(B)B. The Hall–Kier alpha value is 2.34. The summed E-state index contributed by atoms with van der Waals surface area (Å²) in [7, 11) is 48.2. The zero-order valence-electron chi connectivity index (χ0n) is 28.8. The highest BCUT2D eigenvalue weighted by molar-refractivity contribution is 8.30. The molecular formula is H38B36. The summed E-state index contributed by atoms with van der Waals surface area (Å²) in [4.78, 5) is 0. The molecule has 0 aliphatic rings. The molecule has 0 saturated heterocycles. The van der Waals surface area contributed by atoms with Crippen molar-refractivity contribution < 1.29 is 0 Å². The first-order valence-electron chi connectivity index (χ1n) is 16.3. The maximum absolute atomic E-state index is 2.63. The molecule has 0 radical (unpaired) electrons. The molecule has 36 heavy (non-hydrogen) atoms. The third kappa shape index (κ3) is 10.3. The zero-order chi connectivity index (χ0) is 28.8. The van der Waals surface area contributed by atoms with Gasteiger partial charge in [0.1, 0.15) is 0 Å². The van der Waals surface area contributed by atoms with Crippen LogP contribution in [0.2, 0.25) is 0 Å². The summed E-state index contributed by atoms with van der Waals surface area (Å²) in [6.45, 7) is 0. The minimum atomic E-state index is 0.708. The van der Waals surface area contributed by atoms with Gasteiger partial charge < -0.3 is 0 Å². The first kappa shape index (κ1) is 38.3. The predicted octanol–water partition coefficient (Wildman–Crippen LogP) is -23.9. The van der Waals surface area contributed by atoms with Crippen molar-refractivity contribution in [1.29, 1.82) is 0 Å². The Labute approximate surface area is 254 Å². The third-order valence-corrected chi connectivity index (χ3v) is 10.5. The zero-order valence-corrected chi connectivity index (χ0v) is 28.8. The van der Waals surface area contributed by atoms with E-state index in [1.165, 1.54) is 0 Å². The molecule has 0 N–H and O–H groups in total. The van der Waals surface area contributed by atoms with E-state index in [0.717, 1.165) is 51.1 Å². The van der Waals surface area contributed by atoms with Gasteiger partial charge in [-0.25, -0.2) is 0 Å². The molecule has 0 saturated carbocycles. The Morgan fingerprint density at radius 2 is 0.333 bits per heavy atom. The van der Waals surface area contributed by atoms with Crippen LogP contribution >= 0.6 is 0 Å². The lowest BCUT2D eigenvalue weighted by Gasteiger charge is -2.52. The topological polar surface area (TPSA) is 0 Å². The molecule has 0 aromatic carbocycles. The summed E-state index contributed by atoms with van der Waals surface area (Å²) < 4.78 is 0. The van der Waals surface area contributed by atoms with Gasteiger partial charge in [-0.2, -0.15) is 0 Å². The minimum Gasteiger partial charge on any atom is 0.000145 e. The van der Waals surface area contributed by atoms with Crippen LogP contribution in [0.15, 0.2) is 0 Å². The summed E-state index contributed by atoms with van der Waals surface area (Å²) in [6.07, 6.45) is 12.4. The summed E-state index contributed by atoms with van der Waals surface area (Å²) >= 11 is 0. The van der Waals surface area contributed by atoms with Gasteiger partial charge in [0.15, 0.2) is 0 Å². The molecule has 0 aliphatic carbocycles.